The molecule has 0 radical (unpaired) electrons. The first-order valence-corrected chi connectivity index (χ1v) is 10.5. The number of thiophene rings is 1. The fourth-order valence-electron chi connectivity index (χ4n) is 4.32. The Kier molecular flexibility index (Phi) is 5.58. The number of piperazine rings is 1. The molecular formula is C22H24ClN3OS. The highest BCUT2D eigenvalue weighted by Gasteiger charge is 2.27. The van der Waals surface area contributed by atoms with E-state index in [1.807, 2.05) is 11.4 Å². The Morgan fingerprint density at radius 1 is 1.04 bits per heavy atom. The molecule has 1 aliphatic heterocycles. The summed E-state index contributed by atoms with van der Waals surface area (Å²) in [6, 6.07) is 15.2. The highest BCUT2D eigenvalue weighted by molar-refractivity contribution is 7.17. The number of nitrogens with one attached hydrogen (secondary N) is 1. The van der Waals surface area contributed by atoms with Crippen molar-refractivity contribution in [3.63, 3.8) is 0 Å². The molecule has 0 bridgehead atoms. The van der Waals surface area contributed by atoms with E-state index in [0.717, 1.165) is 54.8 Å². The van der Waals surface area contributed by atoms with Crippen LogP contribution in [0.25, 0.3) is 15.7 Å². The molecule has 1 N–H and O–H groups in total. The van der Waals surface area contributed by atoms with Gasteiger partial charge in [-0.15, -0.1) is 23.7 Å². The van der Waals surface area contributed by atoms with Gasteiger partial charge in [-0.3, -0.25) is 9.69 Å². The summed E-state index contributed by atoms with van der Waals surface area (Å²) in [5, 5.41) is 2.79. The Morgan fingerprint density at radius 2 is 1.82 bits per heavy atom. The topological polar surface area (TPSA) is 39.3 Å². The van der Waals surface area contributed by atoms with Crippen molar-refractivity contribution in [2.45, 2.75) is 18.9 Å². The maximum absolute atomic E-state index is 12.3. The Bertz CT molecular complexity index is 1030. The van der Waals surface area contributed by atoms with E-state index in [0.29, 0.717) is 6.04 Å². The lowest BCUT2D eigenvalue weighted by Crippen LogP contribution is -2.49. The molecular weight excluding hydrogens is 390 g/mol. The first-order chi connectivity index (χ1) is 13.3. The van der Waals surface area contributed by atoms with Gasteiger partial charge in [-0.1, -0.05) is 24.3 Å². The molecule has 3 aromatic rings. The van der Waals surface area contributed by atoms with E-state index in [1.54, 1.807) is 11.3 Å². The lowest BCUT2D eigenvalue weighted by Gasteiger charge is -2.38. The number of H-pyrrole nitrogens is 1. The summed E-state index contributed by atoms with van der Waals surface area (Å²) in [5.41, 5.74) is 3.64. The van der Waals surface area contributed by atoms with Crippen LogP contribution < -0.4 is 10.5 Å². The first kappa shape index (κ1) is 19.2. The molecule has 5 rings (SSSR count). The summed E-state index contributed by atoms with van der Waals surface area (Å²) in [5.74, 6) is 0. The number of para-hydroxylation sites is 1. The second-order valence-electron chi connectivity index (χ2n) is 7.37. The minimum Gasteiger partial charge on any atom is -0.369 e. The van der Waals surface area contributed by atoms with Crippen LogP contribution in [-0.2, 0) is 0 Å². The summed E-state index contributed by atoms with van der Waals surface area (Å²) in [6.45, 7) is 4.32. The third-order valence-corrected chi connectivity index (χ3v) is 6.68. The smallest absolute Gasteiger partial charge is 0.257 e. The number of halogens is 1. The summed E-state index contributed by atoms with van der Waals surface area (Å²) < 4.78 is 1.08. The first-order valence-electron chi connectivity index (χ1n) is 9.63. The largest absolute Gasteiger partial charge is 0.369 e. The molecule has 4 nitrogen and oxygen atoms in total. The number of fused-ring (bicyclic) bond motifs is 1. The molecule has 1 fully saturated rings. The highest BCUT2D eigenvalue weighted by atomic mass is 35.5. The SMILES string of the molecule is Cl.O=c1[nH]c(C2=C[C@H](N3CCN(c4ccccc4)CC3)CC2)cc2sccc12. The van der Waals surface area contributed by atoms with Gasteiger partial charge in [0, 0.05) is 48.3 Å². The number of aromatic amines is 1. The molecule has 1 saturated heterocycles. The van der Waals surface area contributed by atoms with Crippen molar-refractivity contribution in [3.8, 4) is 0 Å². The number of rotatable bonds is 3. The Balaban J connectivity index is 0.00000192. The van der Waals surface area contributed by atoms with Crippen molar-refractivity contribution < 1.29 is 0 Å². The van der Waals surface area contributed by atoms with Gasteiger partial charge in [-0.2, -0.15) is 0 Å². The average Bonchev–Trinajstić information content (AvgIpc) is 3.39. The summed E-state index contributed by atoms with van der Waals surface area (Å²) >= 11 is 1.64. The van der Waals surface area contributed by atoms with Gasteiger partial charge >= 0.3 is 0 Å². The van der Waals surface area contributed by atoms with Crippen molar-refractivity contribution in [2.75, 3.05) is 31.1 Å². The van der Waals surface area contributed by atoms with Crippen molar-refractivity contribution in [3.05, 3.63) is 70.0 Å². The number of nitrogens with zero attached hydrogens (tertiary/aromatic N) is 2. The summed E-state index contributed by atoms with van der Waals surface area (Å²) in [7, 11) is 0. The molecule has 0 saturated carbocycles. The van der Waals surface area contributed by atoms with Crippen molar-refractivity contribution in [1.82, 2.24) is 9.88 Å². The van der Waals surface area contributed by atoms with Crippen LogP contribution in [0.2, 0.25) is 0 Å². The molecule has 146 valence electrons. The standard InChI is InChI=1S/C22H23N3OS.ClH/c26-22-19-8-13-27-21(19)15-20(23-22)16-6-7-18(14-16)25-11-9-24(10-12-25)17-4-2-1-3-5-17;/h1-5,8,13-15,18H,6-7,9-12H2,(H,23,26);1H/t18-;/m1./s1. The van der Waals surface area contributed by atoms with Crippen LogP contribution in [0, 0.1) is 0 Å². The van der Waals surface area contributed by atoms with Gasteiger partial charge in [0.1, 0.15) is 0 Å². The minimum absolute atomic E-state index is 0. The van der Waals surface area contributed by atoms with E-state index in [2.05, 4.69) is 57.3 Å². The van der Waals surface area contributed by atoms with Gasteiger partial charge in [0.2, 0.25) is 0 Å². The second-order valence-corrected chi connectivity index (χ2v) is 8.31. The van der Waals surface area contributed by atoms with E-state index in [9.17, 15) is 4.79 Å². The second kappa shape index (κ2) is 8.11. The normalized spacial score (nSPS) is 20.2. The lowest BCUT2D eigenvalue weighted by atomic mass is 10.1. The number of aromatic nitrogens is 1. The van der Waals surface area contributed by atoms with Crippen LogP contribution >= 0.6 is 23.7 Å². The number of benzene rings is 1. The molecule has 2 aromatic heterocycles. The monoisotopic (exact) mass is 413 g/mol. The van der Waals surface area contributed by atoms with Crippen LogP contribution in [0.1, 0.15) is 18.5 Å². The maximum atomic E-state index is 12.3. The highest BCUT2D eigenvalue weighted by Crippen LogP contribution is 2.31. The number of hydrogen-bond acceptors (Lipinski definition) is 4. The molecule has 1 aliphatic carbocycles. The van der Waals surface area contributed by atoms with Gasteiger partial charge in [0.15, 0.2) is 0 Å². The number of anilines is 1. The summed E-state index contributed by atoms with van der Waals surface area (Å²) in [6.07, 6.45) is 4.56. The fourth-order valence-corrected chi connectivity index (χ4v) is 5.14. The molecule has 0 amide bonds. The zero-order chi connectivity index (χ0) is 18.2. The van der Waals surface area contributed by atoms with E-state index >= 15 is 0 Å². The molecule has 1 atom stereocenters. The average molecular weight is 414 g/mol. The minimum atomic E-state index is 0. The van der Waals surface area contributed by atoms with Gasteiger partial charge in [0.25, 0.3) is 5.56 Å². The van der Waals surface area contributed by atoms with Crippen LogP contribution in [0.3, 0.4) is 0 Å². The molecule has 1 aromatic carbocycles. The van der Waals surface area contributed by atoms with Gasteiger partial charge in [-0.05, 0) is 48.1 Å². The third-order valence-electron chi connectivity index (χ3n) is 5.82. The summed E-state index contributed by atoms with van der Waals surface area (Å²) in [4.78, 5) is 20.4. The number of allylic oxidation sites excluding steroid dienone is 1. The fraction of sp³-hybridized carbons (Fsp3) is 0.318. The van der Waals surface area contributed by atoms with E-state index in [4.69, 9.17) is 0 Å². The van der Waals surface area contributed by atoms with E-state index < -0.39 is 0 Å². The molecule has 0 spiro atoms. The van der Waals surface area contributed by atoms with Crippen LogP contribution in [0.15, 0.2) is 58.7 Å². The molecule has 2 aliphatic rings. The van der Waals surface area contributed by atoms with Crippen LogP contribution in [0.4, 0.5) is 5.69 Å². The van der Waals surface area contributed by atoms with Crippen molar-refractivity contribution in [2.24, 2.45) is 0 Å². The Morgan fingerprint density at radius 3 is 2.61 bits per heavy atom. The third kappa shape index (κ3) is 3.62. The molecule has 3 heterocycles. The van der Waals surface area contributed by atoms with E-state index in [-0.39, 0.29) is 18.0 Å². The zero-order valence-electron chi connectivity index (χ0n) is 15.6. The molecule has 6 heteroatoms. The quantitative estimate of drug-likeness (QED) is 0.692. The van der Waals surface area contributed by atoms with Gasteiger partial charge in [-0.25, -0.2) is 0 Å². The number of hydrogen-bond donors (Lipinski definition) is 1. The van der Waals surface area contributed by atoms with Gasteiger partial charge in [0.05, 0.1) is 5.39 Å². The predicted molar refractivity (Wildman–Crippen MR) is 121 cm³/mol. The molecule has 0 unspecified atom stereocenters. The number of pyridine rings is 1. The Labute approximate surface area is 174 Å². The molecule has 28 heavy (non-hydrogen) atoms. The predicted octanol–water partition coefficient (Wildman–Crippen LogP) is 4.38. The Hall–Kier alpha value is -2.08. The van der Waals surface area contributed by atoms with Crippen molar-refractivity contribution in [1.29, 1.82) is 0 Å². The maximum Gasteiger partial charge on any atom is 0.257 e. The lowest BCUT2D eigenvalue weighted by molar-refractivity contribution is 0.214. The van der Waals surface area contributed by atoms with Crippen LogP contribution in [-0.4, -0.2) is 42.1 Å². The zero-order valence-corrected chi connectivity index (χ0v) is 17.3. The van der Waals surface area contributed by atoms with E-state index in [1.165, 1.54) is 11.3 Å². The van der Waals surface area contributed by atoms with Crippen molar-refractivity contribution >= 4 is 45.1 Å². The van der Waals surface area contributed by atoms with Gasteiger partial charge < -0.3 is 9.88 Å². The van der Waals surface area contributed by atoms with Crippen LogP contribution in [0.5, 0.6) is 0 Å².